The van der Waals surface area contributed by atoms with Crippen molar-refractivity contribution >= 4 is 29.1 Å². The Labute approximate surface area is 199 Å². The number of hydrazine groups is 1. The number of alkyl halides is 3. The summed E-state index contributed by atoms with van der Waals surface area (Å²) in [5.41, 5.74) is 2.71. The predicted molar refractivity (Wildman–Crippen MR) is 122 cm³/mol. The topological polar surface area (TPSA) is 50.2 Å². The molecule has 4 rings (SSSR count). The zero-order chi connectivity index (χ0) is 23.8. The first kappa shape index (κ1) is 23.6. The number of benzene rings is 2. The number of imidazole rings is 1. The number of nitrogens with zero attached hydrogens (tertiary/aromatic N) is 3. The van der Waals surface area contributed by atoms with Gasteiger partial charge in [0.15, 0.2) is 5.69 Å². The molecule has 1 saturated heterocycles. The van der Waals surface area contributed by atoms with E-state index in [2.05, 4.69) is 10.4 Å². The average molecular weight is 497 g/mol. The van der Waals surface area contributed by atoms with Gasteiger partial charge in [0.1, 0.15) is 5.82 Å². The highest BCUT2D eigenvalue weighted by atomic mass is 35.5. The number of rotatable bonds is 4. The summed E-state index contributed by atoms with van der Waals surface area (Å²) in [6, 6.07) is 10.1. The van der Waals surface area contributed by atoms with Gasteiger partial charge in [0.25, 0.3) is 5.91 Å². The summed E-state index contributed by atoms with van der Waals surface area (Å²) in [7, 11) is 0. The Bertz CT molecular complexity index is 1170. The summed E-state index contributed by atoms with van der Waals surface area (Å²) in [6.45, 7) is 3.08. The van der Waals surface area contributed by atoms with Crippen molar-refractivity contribution in [2.75, 3.05) is 13.1 Å². The van der Waals surface area contributed by atoms with Gasteiger partial charge in [-0.05, 0) is 62.2 Å². The largest absolute Gasteiger partial charge is 0.417 e. The van der Waals surface area contributed by atoms with Gasteiger partial charge in [-0.3, -0.25) is 14.8 Å². The Balaban J connectivity index is 1.87. The van der Waals surface area contributed by atoms with Crippen molar-refractivity contribution in [1.82, 2.24) is 20.0 Å². The number of amides is 1. The highest BCUT2D eigenvalue weighted by Gasteiger charge is 2.36. The molecule has 2 aromatic carbocycles. The van der Waals surface area contributed by atoms with Gasteiger partial charge >= 0.3 is 6.18 Å². The van der Waals surface area contributed by atoms with E-state index in [1.54, 1.807) is 31.2 Å². The molecule has 0 saturated carbocycles. The van der Waals surface area contributed by atoms with Crippen molar-refractivity contribution in [2.45, 2.75) is 32.4 Å². The number of aromatic nitrogens is 2. The minimum atomic E-state index is -4.67. The molecular weight excluding hydrogens is 476 g/mol. The Morgan fingerprint density at radius 2 is 1.64 bits per heavy atom. The highest BCUT2D eigenvalue weighted by molar-refractivity contribution is 6.31. The molecule has 33 heavy (non-hydrogen) atoms. The monoisotopic (exact) mass is 496 g/mol. The van der Waals surface area contributed by atoms with Crippen molar-refractivity contribution in [3.63, 3.8) is 0 Å². The van der Waals surface area contributed by atoms with E-state index < -0.39 is 17.6 Å². The standard InChI is InChI=1S/C23H21Cl2F3N4O/c1-14-20(22(33)30-31-11-3-2-4-12-31)29-21(32(14)17-8-5-15(24)6-9-17)18-10-7-16(25)13-19(18)23(26,27)28/h5-10,13H,2-4,11-12H2,1H3,(H,30,33). The van der Waals surface area contributed by atoms with Gasteiger partial charge in [-0.25, -0.2) is 9.99 Å². The Morgan fingerprint density at radius 3 is 2.27 bits per heavy atom. The van der Waals surface area contributed by atoms with Gasteiger partial charge in [-0.15, -0.1) is 0 Å². The van der Waals surface area contributed by atoms with Crippen LogP contribution in [-0.4, -0.2) is 33.6 Å². The van der Waals surface area contributed by atoms with Crippen LogP contribution < -0.4 is 5.43 Å². The summed E-state index contributed by atoms with van der Waals surface area (Å²) < 4.78 is 43.2. The summed E-state index contributed by atoms with van der Waals surface area (Å²) in [5.74, 6) is -0.478. The zero-order valence-electron chi connectivity index (χ0n) is 17.7. The van der Waals surface area contributed by atoms with Gasteiger partial charge in [0.05, 0.1) is 11.3 Å². The van der Waals surface area contributed by atoms with Gasteiger partial charge in [-0.1, -0.05) is 29.6 Å². The lowest BCUT2D eigenvalue weighted by atomic mass is 10.1. The number of nitrogens with one attached hydrogen (secondary N) is 1. The maximum absolute atomic E-state index is 13.9. The third-order valence-electron chi connectivity index (χ3n) is 5.55. The minimum absolute atomic E-state index is 0.0115. The first-order valence-electron chi connectivity index (χ1n) is 10.4. The van der Waals surface area contributed by atoms with Crippen LogP contribution >= 0.6 is 23.2 Å². The van der Waals surface area contributed by atoms with E-state index >= 15 is 0 Å². The molecule has 5 nitrogen and oxygen atoms in total. The van der Waals surface area contributed by atoms with E-state index in [4.69, 9.17) is 23.2 Å². The fraction of sp³-hybridized carbons (Fsp3) is 0.304. The molecular formula is C23H21Cl2F3N4O. The fourth-order valence-corrected chi connectivity index (χ4v) is 4.25. The van der Waals surface area contributed by atoms with Crippen LogP contribution in [0.2, 0.25) is 10.0 Å². The van der Waals surface area contributed by atoms with Crippen LogP contribution in [0.5, 0.6) is 0 Å². The number of hydrogen-bond acceptors (Lipinski definition) is 3. The molecule has 1 amide bonds. The molecule has 1 aliphatic heterocycles. The van der Waals surface area contributed by atoms with Crippen molar-refractivity contribution in [3.8, 4) is 17.1 Å². The number of piperidine rings is 1. The molecule has 0 atom stereocenters. The van der Waals surface area contributed by atoms with E-state index in [1.165, 1.54) is 16.7 Å². The van der Waals surface area contributed by atoms with E-state index in [-0.39, 0.29) is 22.1 Å². The Morgan fingerprint density at radius 1 is 1.00 bits per heavy atom. The molecule has 0 spiro atoms. The second kappa shape index (κ2) is 9.37. The molecule has 2 heterocycles. The van der Waals surface area contributed by atoms with E-state index in [0.717, 1.165) is 25.3 Å². The van der Waals surface area contributed by atoms with Crippen LogP contribution in [0, 0.1) is 6.92 Å². The first-order valence-corrected chi connectivity index (χ1v) is 11.2. The molecule has 0 bridgehead atoms. The highest BCUT2D eigenvalue weighted by Crippen LogP contribution is 2.39. The van der Waals surface area contributed by atoms with E-state index in [1.807, 2.05) is 5.01 Å². The van der Waals surface area contributed by atoms with Crippen LogP contribution in [0.4, 0.5) is 13.2 Å². The number of hydrogen-bond donors (Lipinski definition) is 1. The molecule has 174 valence electrons. The third kappa shape index (κ3) is 5.03. The van der Waals surface area contributed by atoms with Crippen LogP contribution in [0.1, 0.15) is 41.0 Å². The second-order valence-corrected chi connectivity index (χ2v) is 8.73. The zero-order valence-corrected chi connectivity index (χ0v) is 19.2. The second-order valence-electron chi connectivity index (χ2n) is 7.86. The SMILES string of the molecule is Cc1c(C(=O)NN2CCCCC2)nc(-c2ccc(Cl)cc2C(F)(F)F)n1-c1ccc(Cl)cc1. The van der Waals surface area contributed by atoms with Crippen molar-refractivity contribution in [1.29, 1.82) is 0 Å². The van der Waals surface area contributed by atoms with Gasteiger partial charge < -0.3 is 0 Å². The van der Waals surface area contributed by atoms with Gasteiger partial charge in [0, 0.05) is 34.4 Å². The number of halogens is 5. The van der Waals surface area contributed by atoms with E-state index in [9.17, 15) is 18.0 Å². The predicted octanol–water partition coefficient (Wildman–Crippen LogP) is 6.30. The molecule has 1 aromatic heterocycles. The molecule has 0 radical (unpaired) electrons. The lowest BCUT2D eigenvalue weighted by Gasteiger charge is -2.26. The maximum Gasteiger partial charge on any atom is 0.417 e. The number of carbonyl (C=O) groups is 1. The Hall–Kier alpha value is -2.55. The molecule has 0 aliphatic carbocycles. The molecule has 0 unspecified atom stereocenters. The lowest BCUT2D eigenvalue weighted by Crippen LogP contribution is -2.45. The van der Waals surface area contributed by atoms with Crippen molar-refractivity contribution < 1.29 is 18.0 Å². The van der Waals surface area contributed by atoms with Crippen molar-refractivity contribution in [3.05, 3.63) is 69.5 Å². The Kier molecular flexibility index (Phi) is 6.70. The first-order chi connectivity index (χ1) is 15.6. The average Bonchev–Trinajstić information content (AvgIpc) is 3.11. The van der Waals surface area contributed by atoms with Crippen LogP contribution in [0.25, 0.3) is 17.1 Å². The van der Waals surface area contributed by atoms with Gasteiger partial charge in [-0.2, -0.15) is 13.2 Å². The summed E-state index contributed by atoms with van der Waals surface area (Å²) in [6.07, 6.45) is -1.65. The third-order valence-corrected chi connectivity index (χ3v) is 6.04. The summed E-state index contributed by atoms with van der Waals surface area (Å²) in [5, 5.41) is 2.24. The van der Waals surface area contributed by atoms with Crippen LogP contribution in [0.3, 0.4) is 0 Å². The minimum Gasteiger partial charge on any atom is -0.296 e. The molecule has 1 N–H and O–H groups in total. The summed E-state index contributed by atoms with van der Waals surface area (Å²) in [4.78, 5) is 17.5. The summed E-state index contributed by atoms with van der Waals surface area (Å²) >= 11 is 11.9. The normalized spacial score (nSPS) is 15.0. The molecule has 3 aromatic rings. The molecule has 1 aliphatic rings. The quantitative estimate of drug-likeness (QED) is 0.460. The van der Waals surface area contributed by atoms with Crippen molar-refractivity contribution in [2.24, 2.45) is 0 Å². The van der Waals surface area contributed by atoms with Crippen LogP contribution in [0.15, 0.2) is 42.5 Å². The fourth-order valence-electron chi connectivity index (χ4n) is 3.95. The smallest absolute Gasteiger partial charge is 0.296 e. The van der Waals surface area contributed by atoms with Gasteiger partial charge in [0.2, 0.25) is 0 Å². The molecule has 1 fully saturated rings. The lowest BCUT2D eigenvalue weighted by molar-refractivity contribution is -0.137. The number of carbonyl (C=O) groups excluding carboxylic acids is 1. The van der Waals surface area contributed by atoms with E-state index in [0.29, 0.717) is 29.5 Å². The van der Waals surface area contributed by atoms with Crippen LogP contribution in [-0.2, 0) is 6.18 Å². The maximum atomic E-state index is 13.9. The molecule has 10 heteroatoms.